The van der Waals surface area contributed by atoms with Crippen LogP contribution >= 0.6 is 0 Å². The van der Waals surface area contributed by atoms with Crippen LogP contribution in [0.4, 0.5) is 0 Å². The molecule has 0 bridgehead atoms. The molecule has 0 rings (SSSR count). The Morgan fingerprint density at radius 3 is 2.50 bits per heavy atom. The number of ether oxygens (including phenoxy) is 1. The Bertz CT molecular complexity index is 231. The van der Waals surface area contributed by atoms with E-state index in [0.29, 0.717) is 13.2 Å². The van der Waals surface area contributed by atoms with Gasteiger partial charge in [0.2, 0.25) is 11.8 Å². The summed E-state index contributed by atoms with van der Waals surface area (Å²) in [5, 5.41) is 5.50. The van der Waals surface area contributed by atoms with Gasteiger partial charge in [-0.05, 0) is 6.92 Å². The predicted octanol–water partition coefficient (Wildman–Crippen LogP) is -1.18. The standard InChI is InChI=1S/C10H21N3O3/c1-8(10(15)13(2)3)12-9(14)7-11-5-6-16-4/h8,11H,5-7H2,1-4H3,(H,12,14). The molecule has 6 heteroatoms. The molecule has 2 N–H and O–H groups in total. The lowest BCUT2D eigenvalue weighted by Crippen LogP contribution is -2.47. The highest BCUT2D eigenvalue weighted by Crippen LogP contribution is 1.87. The summed E-state index contributed by atoms with van der Waals surface area (Å²) in [6.45, 7) is 3.02. The van der Waals surface area contributed by atoms with Gasteiger partial charge in [0, 0.05) is 27.7 Å². The van der Waals surface area contributed by atoms with Crippen LogP contribution in [0.2, 0.25) is 0 Å². The second-order valence-corrected chi connectivity index (χ2v) is 3.69. The van der Waals surface area contributed by atoms with Crippen LogP contribution in [-0.2, 0) is 14.3 Å². The van der Waals surface area contributed by atoms with E-state index in [-0.39, 0.29) is 18.4 Å². The Balaban J connectivity index is 3.74. The third-order valence-electron chi connectivity index (χ3n) is 1.96. The van der Waals surface area contributed by atoms with Crippen molar-refractivity contribution in [3.63, 3.8) is 0 Å². The van der Waals surface area contributed by atoms with E-state index in [2.05, 4.69) is 10.6 Å². The summed E-state index contributed by atoms with van der Waals surface area (Å²) in [4.78, 5) is 24.2. The van der Waals surface area contributed by atoms with Gasteiger partial charge < -0.3 is 20.3 Å². The quantitative estimate of drug-likeness (QED) is 0.541. The summed E-state index contributed by atoms with van der Waals surface area (Å²) in [5.74, 6) is -0.316. The maximum atomic E-state index is 11.4. The first kappa shape index (κ1) is 14.9. The summed E-state index contributed by atoms with van der Waals surface area (Å²) in [7, 11) is 4.91. The number of nitrogens with zero attached hydrogens (tertiary/aromatic N) is 1. The zero-order valence-electron chi connectivity index (χ0n) is 10.4. The second-order valence-electron chi connectivity index (χ2n) is 3.69. The first-order valence-corrected chi connectivity index (χ1v) is 5.19. The third kappa shape index (κ3) is 6.36. The maximum Gasteiger partial charge on any atom is 0.244 e. The zero-order chi connectivity index (χ0) is 12.6. The lowest BCUT2D eigenvalue weighted by molar-refractivity contribution is -0.133. The van der Waals surface area contributed by atoms with Gasteiger partial charge >= 0.3 is 0 Å². The van der Waals surface area contributed by atoms with E-state index in [9.17, 15) is 9.59 Å². The third-order valence-corrected chi connectivity index (χ3v) is 1.96. The van der Waals surface area contributed by atoms with Crippen LogP contribution in [0, 0.1) is 0 Å². The summed E-state index contributed by atoms with van der Waals surface area (Å²) in [6, 6.07) is -0.494. The van der Waals surface area contributed by atoms with Crippen molar-refractivity contribution in [2.75, 3.05) is 40.9 Å². The minimum Gasteiger partial charge on any atom is -0.383 e. The van der Waals surface area contributed by atoms with Gasteiger partial charge in [-0.2, -0.15) is 0 Å². The number of methoxy groups -OCH3 is 1. The van der Waals surface area contributed by atoms with E-state index in [1.54, 1.807) is 28.1 Å². The van der Waals surface area contributed by atoms with Gasteiger partial charge in [-0.15, -0.1) is 0 Å². The van der Waals surface area contributed by atoms with Crippen molar-refractivity contribution in [2.24, 2.45) is 0 Å². The molecule has 0 aromatic heterocycles. The van der Waals surface area contributed by atoms with E-state index >= 15 is 0 Å². The molecule has 6 nitrogen and oxygen atoms in total. The summed E-state index contributed by atoms with van der Waals surface area (Å²) < 4.78 is 4.82. The first-order valence-electron chi connectivity index (χ1n) is 5.19. The lowest BCUT2D eigenvalue weighted by Gasteiger charge is -2.18. The highest BCUT2D eigenvalue weighted by atomic mass is 16.5. The number of carbonyl (C=O) groups excluding carboxylic acids is 2. The molecule has 0 aliphatic carbocycles. The van der Waals surface area contributed by atoms with E-state index < -0.39 is 6.04 Å². The summed E-state index contributed by atoms with van der Waals surface area (Å²) in [6.07, 6.45) is 0. The van der Waals surface area contributed by atoms with Gasteiger partial charge in [-0.3, -0.25) is 9.59 Å². The summed E-state index contributed by atoms with van der Waals surface area (Å²) in [5.41, 5.74) is 0. The van der Waals surface area contributed by atoms with Crippen LogP contribution in [0.5, 0.6) is 0 Å². The first-order chi connectivity index (χ1) is 7.49. The van der Waals surface area contributed by atoms with Crippen molar-refractivity contribution in [3.8, 4) is 0 Å². The van der Waals surface area contributed by atoms with Crippen molar-refractivity contribution < 1.29 is 14.3 Å². The lowest BCUT2D eigenvalue weighted by atomic mass is 10.3. The number of nitrogens with one attached hydrogen (secondary N) is 2. The second kappa shape index (κ2) is 8.06. The van der Waals surface area contributed by atoms with Crippen molar-refractivity contribution in [3.05, 3.63) is 0 Å². The monoisotopic (exact) mass is 231 g/mol. The van der Waals surface area contributed by atoms with Crippen LogP contribution in [0.1, 0.15) is 6.92 Å². The molecule has 1 unspecified atom stereocenters. The molecule has 2 amide bonds. The van der Waals surface area contributed by atoms with Crippen molar-refractivity contribution in [1.29, 1.82) is 0 Å². The minimum absolute atomic E-state index is 0.120. The molecular formula is C10H21N3O3. The van der Waals surface area contributed by atoms with Crippen LogP contribution in [0.25, 0.3) is 0 Å². The predicted molar refractivity (Wildman–Crippen MR) is 61.0 cm³/mol. The van der Waals surface area contributed by atoms with Gasteiger partial charge in [0.25, 0.3) is 0 Å². The Labute approximate surface area is 96.3 Å². The minimum atomic E-state index is -0.494. The van der Waals surface area contributed by atoms with Crippen molar-refractivity contribution >= 4 is 11.8 Å². The topological polar surface area (TPSA) is 70.7 Å². The fraction of sp³-hybridized carbons (Fsp3) is 0.800. The molecule has 0 heterocycles. The molecule has 0 aliphatic rings. The number of rotatable bonds is 7. The van der Waals surface area contributed by atoms with Gasteiger partial charge in [0.05, 0.1) is 13.2 Å². The molecule has 0 fully saturated rings. The maximum absolute atomic E-state index is 11.4. The number of amides is 2. The molecule has 16 heavy (non-hydrogen) atoms. The molecule has 0 saturated carbocycles. The fourth-order valence-electron chi connectivity index (χ4n) is 1.12. The van der Waals surface area contributed by atoms with E-state index in [0.717, 1.165) is 0 Å². The Kier molecular flexibility index (Phi) is 7.49. The molecule has 1 atom stereocenters. The Morgan fingerprint density at radius 2 is 2.00 bits per heavy atom. The molecule has 0 aromatic carbocycles. The zero-order valence-corrected chi connectivity index (χ0v) is 10.4. The van der Waals surface area contributed by atoms with Gasteiger partial charge in [0.1, 0.15) is 6.04 Å². The molecule has 0 aliphatic heterocycles. The molecule has 0 aromatic rings. The average Bonchev–Trinajstić information content (AvgIpc) is 2.23. The molecule has 94 valence electrons. The summed E-state index contributed by atoms with van der Waals surface area (Å²) >= 11 is 0. The SMILES string of the molecule is COCCNCC(=O)NC(C)C(=O)N(C)C. The molecule has 0 radical (unpaired) electrons. The Morgan fingerprint density at radius 1 is 1.38 bits per heavy atom. The molecule has 0 spiro atoms. The van der Waals surface area contributed by atoms with Crippen molar-refractivity contribution in [2.45, 2.75) is 13.0 Å². The normalized spacial score (nSPS) is 12.0. The average molecular weight is 231 g/mol. The number of hydrogen-bond donors (Lipinski definition) is 2. The fourth-order valence-corrected chi connectivity index (χ4v) is 1.12. The number of hydrogen-bond acceptors (Lipinski definition) is 4. The van der Waals surface area contributed by atoms with Gasteiger partial charge in [0.15, 0.2) is 0 Å². The smallest absolute Gasteiger partial charge is 0.244 e. The highest BCUT2D eigenvalue weighted by molar-refractivity contribution is 5.87. The van der Waals surface area contributed by atoms with Gasteiger partial charge in [-0.1, -0.05) is 0 Å². The van der Waals surface area contributed by atoms with Crippen LogP contribution < -0.4 is 10.6 Å². The van der Waals surface area contributed by atoms with Crippen LogP contribution in [0.3, 0.4) is 0 Å². The molecule has 0 saturated heterocycles. The largest absolute Gasteiger partial charge is 0.383 e. The van der Waals surface area contributed by atoms with Crippen LogP contribution in [-0.4, -0.2) is 63.7 Å². The van der Waals surface area contributed by atoms with Crippen LogP contribution in [0.15, 0.2) is 0 Å². The highest BCUT2D eigenvalue weighted by Gasteiger charge is 2.16. The van der Waals surface area contributed by atoms with E-state index in [1.165, 1.54) is 4.90 Å². The number of carbonyl (C=O) groups is 2. The Hall–Kier alpha value is -1.14. The van der Waals surface area contributed by atoms with E-state index in [1.807, 2.05) is 0 Å². The molecular weight excluding hydrogens is 210 g/mol. The number of likely N-dealkylation sites (N-methyl/N-ethyl adjacent to an activating group) is 1. The van der Waals surface area contributed by atoms with Crippen molar-refractivity contribution in [1.82, 2.24) is 15.5 Å². The van der Waals surface area contributed by atoms with E-state index in [4.69, 9.17) is 4.74 Å². The van der Waals surface area contributed by atoms with Gasteiger partial charge in [-0.25, -0.2) is 0 Å².